The van der Waals surface area contributed by atoms with E-state index in [0.29, 0.717) is 13.0 Å². The minimum atomic E-state index is 0.0217. The molecule has 3 N–H and O–H groups in total. The first kappa shape index (κ1) is 16.5. The summed E-state index contributed by atoms with van der Waals surface area (Å²) in [4.78, 5) is 12.4. The molecule has 0 unspecified atom stereocenters. The number of rotatable bonds is 5. The van der Waals surface area contributed by atoms with Crippen molar-refractivity contribution < 1.29 is 4.79 Å². The largest absolute Gasteiger partial charge is 0.350 e. The van der Waals surface area contributed by atoms with Gasteiger partial charge in [0.1, 0.15) is 0 Å². The maximum Gasteiger partial charge on any atom is 0.221 e. The molecule has 4 heteroatoms. The molecule has 0 radical (unpaired) electrons. The molecule has 1 aliphatic carbocycles. The molecule has 1 saturated carbocycles. The molecule has 1 aromatic carbocycles. The quantitative estimate of drug-likeness (QED) is 0.843. The first-order chi connectivity index (χ1) is 10.0. The van der Waals surface area contributed by atoms with Crippen LogP contribution in [0.25, 0.3) is 0 Å². The molecule has 0 aliphatic heterocycles. The van der Waals surface area contributed by atoms with Crippen LogP contribution in [0.4, 0.5) is 0 Å². The maximum atomic E-state index is 12.4. The predicted molar refractivity (Wildman–Crippen MR) is 89.9 cm³/mol. The molecule has 1 atom stereocenters. The summed E-state index contributed by atoms with van der Waals surface area (Å²) in [6, 6.07) is 8.08. The lowest BCUT2D eigenvalue weighted by atomic mass is 9.71. The summed E-state index contributed by atoms with van der Waals surface area (Å²) in [5, 5.41) is 3.11. The zero-order valence-electron chi connectivity index (χ0n) is 12.7. The molecule has 0 saturated heterocycles. The summed E-state index contributed by atoms with van der Waals surface area (Å²) in [5.74, 6) is 0.120. The van der Waals surface area contributed by atoms with Crippen LogP contribution < -0.4 is 11.1 Å². The first-order valence-corrected chi connectivity index (χ1v) is 8.59. The third kappa shape index (κ3) is 4.55. The van der Waals surface area contributed by atoms with E-state index in [1.54, 1.807) is 0 Å². The van der Waals surface area contributed by atoms with Crippen molar-refractivity contribution in [2.45, 2.75) is 51.5 Å². The van der Waals surface area contributed by atoms with Gasteiger partial charge in [-0.15, -0.1) is 0 Å². The number of amides is 1. The Morgan fingerprint density at radius 3 is 2.71 bits per heavy atom. The van der Waals surface area contributed by atoms with Crippen LogP contribution in [0.5, 0.6) is 0 Å². The van der Waals surface area contributed by atoms with Crippen LogP contribution in [0.1, 0.15) is 57.1 Å². The molecule has 1 fully saturated rings. The summed E-state index contributed by atoms with van der Waals surface area (Å²) in [6.45, 7) is 2.64. The van der Waals surface area contributed by atoms with E-state index in [1.165, 1.54) is 19.3 Å². The third-order valence-electron chi connectivity index (χ3n) is 4.61. The highest BCUT2D eigenvalue weighted by Crippen LogP contribution is 2.38. The third-order valence-corrected chi connectivity index (χ3v) is 5.10. The minimum Gasteiger partial charge on any atom is -0.350 e. The van der Waals surface area contributed by atoms with Crippen LogP contribution in [0.2, 0.25) is 0 Å². The van der Waals surface area contributed by atoms with Gasteiger partial charge in [0.15, 0.2) is 0 Å². The van der Waals surface area contributed by atoms with Crippen molar-refractivity contribution >= 4 is 21.8 Å². The Balaban J connectivity index is 1.94. The van der Waals surface area contributed by atoms with Crippen molar-refractivity contribution in [1.29, 1.82) is 0 Å². The number of carbonyl (C=O) groups is 1. The Kier molecular flexibility index (Phi) is 5.82. The number of hydrogen-bond acceptors (Lipinski definition) is 2. The van der Waals surface area contributed by atoms with Crippen LogP contribution in [0.3, 0.4) is 0 Å². The number of benzene rings is 1. The van der Waals surface area contributed by atoms with Crippen molar-refractivity contribution in [3.8, 4) is 0 Å². The van der Waals surface area contributed by atoms with Crippen molar-refractivity contribution in [1.82, 2.24) is 5.32 Å². The minimum absolute atomic E-state index is 0.0217. The van der Waals surface area contributed by atoms with Gasteiger partial charge in [0.25, 0.3) is 0 Å². The van der Waals surface area contributed by atoms with Crippen molar-refractivity contribution in [3.05, 3.63) is 34.3 Å². The molecule has 0 spiro atoms. The Morgan fingerprint density at radius 1 is 1.38 bits per heavy atom. The van der Waals surface area contributed by atoms with Gasteiger partial charge >= 0.3 is 0 Å². The lowest BCUT2D eigenvalue weighted by Gasteiger charge is -2.36. The van der Waals surface area contributed by atoms with Crippen molar-refractivity contribution in [2.75, 3.05) is 6.54 Å². The van der Waals surface area contributed by atoms with Gasteiger partial charge < -0.3 is 11.1 Å². The lowest BCUT2D eigenvalue weighted by molar-refractivity contribution is -0.124. The van der Waals surface area contributed by atoms with E-state index in [0.717, 1.165) is 22.9 Å². The second-order valence-corrected chi connectivity index (χ2v) is 7.20. The number of halogens is 1. The van der Waals surface area contributed by atoms with E-state index in [-0.39, 0.29) is 17.4 Å². The second kappa shape index (κ2) is 7.41. The van der Waals surface area contributed by atoms with Crippen LogP contribution in [0, 0.1) is 5.41 Å². The molecule has 0 aromatic heterocycles. The Hall–Kier alpha value is -0.870. The van der Waals surface area contributed by atoms with Gasteiger partial charge in [0.05, 0.1) is 6.04 Å². The van der Waals surface area contributed by atoms with Gasteiger partial charge in [-0.05, 0) is 49.4 Å². The van der Waals surface area contributed by atoms with Gasteiger partial charge in [0, 0.05) is 10.9 Å². The zero-order chi connectivity index (χ0) is 15.3. The average Bonchev–Trinajstić information content (AvgIpc) is 2.48. The maximum absolute atomic E-state index is 12.4. The fourth-order valence-electron chi connectivity index (χ4n) is 3.25. The molecule has 1 aliphatic rings. The average molecular weight is 353 g/mol. The van der Waals surface area contributed by atoms with E-state index in [4.69, 9.17) is 5.73 Å². The van der Waals surface area contributed by atoms with Gasteiger partial charge in [-0.3, -0.25) is 4.79 Å². The second-order valence-electron chi connectivity index (χ2n) is 6.29. The summed E-state index contributed by atoms with van der Waals surface area (Å²) in [7, 11) is 0. The molecular formula is C17H25BrN2O. The van der Waals surface area contributed by atoms with Crippen LogP contribution in [-0.4, -0.2) is 12.5 Å². The fourth-order valence-corrected chi connectivity index (χ4v) is 3.66. The Morgan fingerprint density at radius 2 is 2.10 bits per heavy atom. The van der Waals surface area contributed by atoms with Gasteiger partial charge in [-0.2, -0.15) is 0 Å². The molecule has 0 bridgehead atoms. The SMILES string of the molecule is C[C@H](NC(=O)CC1(CN)CCCCC1)c1cccc(Br)c1. The molecule has 116 valence electrons. The van der Waals surface area contributed by atoms with Gasteiger partial charge in [-0.25, -0.2) is 0 Å². The van der Waals surface area contributed by atoms with E-state index in [1.807, 2.05) is 31.2 Å². The number of nitrogens with one attached hydrogen (secondary N) is 1. The molecular weight excluding hydrogens is 328 g/mol. The van der Waals surface area contributed by atoms with E-state index in [9.17, 15) is 4.79 Å². The number of nitrogens with two attached hydrogens (primary N) is 1. The summed E-state index contributed by atoms with van der Waals surface area (Å²) in [5.41, 5.74) is 7.10. The fraction of sp³-hybridized carbons (Fsp3) is 0.588. The predicted octanol–water partition coefficient (Wildman–Crippen LogP) is 3.93. The Labute approximate surface area is 135 Å². The molecule has 21 heavy (non-hydrogen) atoms. The van der Waals surface area contributed by atoms with Gasteiger partial charge in [0.2, 0.25) is 5.91 Å². The first-order valence-electron chi connectivity index (χ1n) is 7.80. The topological polar surface area (TPSA) is 55.1 Å². The molecule has 3 nitrogen and oxygen atoms in total. The standard InChI is InChI=1S/C17H25BrN2O/c1-13(14-6-5-7-15(18)10-14)20-16(21)11-17(12-19)8-3-2-4-9-17/h5-7,10,13H,2-4,8-9,11-12,19H2,1H3,(H,20,21)/t13-/m0/s1. The molecule has 0 heterocycles. The molecule has 1 amide bonds. The lowest BCUT2D eigenvalue weighted by Crippen LogP contribution is -2.39. The number of hydrogen-bond donors (Lipinski definition) is 2. The highest BCUT2D eigenvalue weighted by Gasteiger charge is 2.33. The van der Waals surface area contributed by atoms with Crippen LogP contribution in [-0.2, 0) is 4.79 Å². The normalized spacial score (nSPS) is 19.0. The zero-order valence-corrected chi connectivity index (χ0v) is 14.3. The van der Waals surface area contributed by atoms with Gasteiger partial charge in [-0.1, -0.05) is 47.3 Å². The number of carbonyl (C=O) groups excluding carboxylic acids is 1. The highest BCUT2D eigenvalue weighted by molar-refractivity contribution is 9.10. The summed E-state index contributed by atoms with van der Waals surface area (Å²) < 4.78 is 1.03. The van der Waals surface area contributed by atoms with Crippen molar-refractivity contribution in [2.24, 2.45) is 11.1 Å². The van der Waals surface area contributed by atoms with E-state index < -0.39 is 0 Å². The Bertz CT molecular complexity index is 483. The summed E-state index contributed by atoms with van der Waals surface area (Å²) >= 11 is 3.47. The molecule has 1 aromatic rings. The molecule has 2 rings (SSSR count). The summed E-state index contributed by atoms with van der Waals surface area (Å²) in [6.07, 6.45) is 6.40. The smallest absolute Gasteiger partial charge is 0.221 e. The van der Waals surface area contributed by atoms with Crippen LogP contribution in [0.15, 0.2) is 28.7 Å². The van der Waals surface area contributed by atoms with E-state index in [2.05, 4.69) is 21.2 Å². The monoisotopic (exact) mass is 352 g/mol. The van der Waals surface area contributed by atoms with Crippen LogP contribution >= 0.6 is 15.9 Å². The van der Waals surface area contributed by atoms with Crippen molar-refractivity contribution in [3.63, 3.8) is 0 Å². The van der Waals surface area contributed by atoms with E-state index >= 15 is 0 Å². The highest BCUT2D eigenvalue weighted by atomic mass is 79.9.